The Morgan fingerprint density at radius 1 is 1.48 bits per heavy atom. The molecule has 0 saturated heterocycles. The number of nitrogens with two attached hydrogens (primary N) is 1. The number of imidazole rings is 1. The average molecular weight is 284 g/mol. The fourth-order valence-corrected chi connectivity index (χ4v) is 2.43. The summed E-state index contributed by atoms with van der Waals surface area (Å²) in [4.78, 5) is 26.6. The maximum Gasteiger partial charge on any atom is 0.342 e. The van der Waals surface area contributed by atoms with Crippen molar-refractivity contribution in [3.63, 3.8) is 0 Å². The summed E-state index contributed by atoms with van der Waals surface area (Å²) in [5.74, 6) is 0.176. The topological polar surface area (TPSA) is 104 Å². The van der Waals surface area contributed by atoms with Gasteiger partial charge in [-0.15, -0.1) is 0 Å². The molecule has 0 spiro atoms. The number of ketones is 1. The van der Waals surface area contributed by atoms with E-state index in [0.29, 0.717) is 29.1 Å². The van der Waals surface area contributed by atoms with Crippen LogP contribution in [-0.4, -0.2) is 20.3 Å². The highest BCUT2D eigenvalue weighted by Gasteiger charge is 2.26. The van der Waals surface area contributed by atoms with Crippen molar-refractivity contribution in [2.45, 2.75) is 6.42 Å². The van der Waals surface area contributed by atoms with Gasteiger partial charge in [-0.1, -0.05) is 0 Å². The second-order valence-electron chi connectivity index (χ2n) is 4.88. The first-order chi connectivity index (χ1) is 9.97. The third kappa shape index (κ3) is 2.08. The zero-order chi connectivity index (χ0) is 15.1. The number of nitrogens with zero attached hydrogens (tertiary/aromatic N) is 3. The first-order valence-electron chi connectivity index (χ1n) is 6.27. The fourth-order valence-electron chi connectivity index (χ4n) is 2.43. The molecular weight excluding hydrogens is 272 g/mol. The normalized spacial score (nSPS) is 15.5. The zero-order valence-electron chi connectivity index (χ0n) is 11.2. The molecule has 1 aromatic carbocycles. The van der Waals surface area contributed by atoms with Gasteiger partial charge in [-0.3, -0.25) is 4.79 Å². The van der Waals surface area contributed by atoms with Gasteiger partial charge in [-0.2, -0.15) is 0 Å². The van der Waals surface area contributed by atoms with E-state index >= 15 is 0 Å². The summed E-state index contributed by atoms with van der Waals surface area (Å²) in [7, 11) is 1.54. The molecule has 0 unspecified atom stereocenters. The van der Waals surface area contributed by atoms with E-state index < -0.39 is 4.92 Å². The predicted molar refractivity (Wildman–Crippen MR) is 76.7 cm³/mol. The highest BCUT2D eigenvalue weighted by Crippen LogP contribution is 2.29. The molecule has 0 radical (unpaired) electrons. The van der Waals surface area contributed by atoms with Crippen LogP contribution < -0.4 is 5.73 Å². The van der Waals surface area contributed by atoms with Crippen molar-refractivity contribution in [1.82, 2.24) is 9.55 Å². The summed E-state index contributed by atoms with van der Waals surface area (Å²) in [5, 5.41) is 10.8. The molecule has 1 heterocycles. The molecule has 2 aromatic rings. The van der Waals surface area contributed by atoms with Crippen molar-refractivity contribution in [1.29, 1.82) is 0 Å². The second kappa shape index (κ2) is 4.55. The smallest absolute Gasteiger partial charge is 0.342 e. The molecule has 0 fully saturated rings. The van der Waals surface area contributed by atoms with Gasteiger partial charge in [-0.05, 0) is 28.7 Å². The summed E-state index contributed by atoms with van der Waals surface area (Å²) in [5.41, 5.74) is 8.37. The van der Waals surface area contributed by atoms with E-state index in [1.165, 1.54) is 10.8 Å². The second-order valence-corrected chi connectivity index (χ2v) is 4.88. The first-order valence-corrected chi connectivity index (χ1v) is 6.27. The Bertz CT molecular complexity index is 805. The number of hydrogen-bond acceptors (Lipinski definition) is 5. The van der Waals surface area contributed by atoms with Crippen LogP contribution in [0, 0.1) is 10.1 Å². The molecule has 7 nitrogen and oxygen atoms in total. The molecule has 3 rings (SSSR count). The lowest BCUT2D eigenvalue weighted by atomic mass is 10.1. The molecule has 0 saturated carbocycles. The lowest BCUT2D eigenvalue weighted by molar-refractivity contribution is -0.391. The van der Waals surface area contributed by atoms with Gasteiger partial charge in [0.2, 0.25) is 5.82 Å². The SMILES string of the molecule is Cn1c([N+](=O)[O-])cnc1C=C1Cc2cc(N)ccc2C1=O. The van der Waals surface area contributed by atoms with Gasteiger partial charge in [0, 0.05) is 29.3 Å². The number of Topliss-reactive ketones (excluding diaryl/α,β-unsaturated/α-hetero) is 1. The zero-order valence-corrected chi connectivity index (χ0v) is 11.2. The highest BCUT2D eigenvalue weighted by atomic mass is 16.6. The Kier molecular flexibility index (Phi) is 2.83. The van der Waals surface area contributed by atoms with E-state index in [0.717, 1.165) is 5.56 Å². The van der Waals surface area contributed by atoms with Crippen LogP contribution in [0.5, 0.6) is 0 Å². The Hall–Kier alpha value is -2.96. The number of anilines is 1. The van der Waals surface area contributed by atoms with Gasteiger partial charge in [0.15, 0.2) is 5.78 Å². The van der Waals surface area contributed by atoms with Crippen LogP contribution in [0.4, 0.5) is 11.5 Å². The quantitative estimate of drug-likeness (QED) is 0.391. The van der Waals surface area contributed by atoms with E-state index in [1.807, 2.05) is 0 Å². The Morgan fingerprint density at radius 3 is 2.90 bits per heavy atom. The van der Waals surface area contributed by atoms with Crippen LogP contribution in [0.1, 0.15) is 21.7 Å². The summed E-state index contributed by atoms with van der Waals surface area (Å²) in [6, 6.07) is 5.16. The minimum atomic E-state index is -0.513. The number of nitro groups is 1. The molecule has 1 aliphatic rings. The molecule has 0 bridgehead atoms. The standard InChI is InChI=1S/C14H12N4O3/c1-17-12(16-7-13(17)18(20)21)6-9-4-8-5-10(15)2-3-11(8)14(9)19/h2-3,5-7H,4,15H2,1H3. The van der Waals surface area contributed by atoms with Crippen LogP contribution in [0.2, 0.25) is 0 Å². The summed E-state index contributed by atoms with van der Waals surface area (Å²) in [6.07, 6.45) is 3.22. The van der Waals surface area contributed by atoms with Crippen LogP contribution >= 0.6 is 0 Å². The fraction of sp³-hybridized carbons (Fsp3) is 0.143. The monoisotopic (exact) mass is 284 g/mol. The summed E-state index contributed by atoms with van der Waals surface area (Å²) in [6.45, 7) is 0. The molecule has 21 heavy (non-hydrogen) atoms. The number of fused-ring (bicyclic) bond motifs is 1. The van der Waals surface area contributed by atoms with Crippen molar-refractivity contribution in [2.24, 2.45) is 7.05 Å². The molecule has 106 valence electrons. The van der Waals surface area contributed by atoms with E-state index in [9.17, 15) is 14.9 Å². The maximum atomic E-state index is 12.3. The molecule has 1 aromatic heterocycles. The molecular formula is C14H12N4O3. The van der Waals surface area contributed by atoms with Crippen LogP contribution in [0.3, 0.4) is 0 Å². The van der Waals surface area contributed by atoms with E-state index in [4.69, 9.17) is 5.73 Å². The minimum absolute atomic E-state index is 0.0874. The Morgan fingerprint density at radius 2 is 2.24 bits per heavy atom. The van der Waals surface area contributed by atoms with Gasteiger partial charge in [0.05, 0.1) is 7.05 Å². The number of allylic oxidation sites excluding steroid dienone is 1. The van der Waals surface area contributed by atoms with Gasteiger partial charge in [0.1, 0.15) is 6.20 Å². The number of carbonyl (C=O) groups excluding carboxylic acids is 1. The number of nitrogen functional groups attached to an aromatic ring is 1. The maximum absolute atomic E-state index is 12.3. The largest absolute Gasteiger partial charge is 0.399 e. The average Bonchev–Trinajstić information content (AvgIpc) is 2.92. The van der Waals surface area contributed by atoms with Crippen LogP contribution in [0.15, 0.2) is 30.0 Å². The molecule has 2 N–H and O–H groups in total. The Labute approximate surface area is 119 Å². The molecule has 0 amide bonds. The number of aromatic nitrogens is 2. The van der Waals surface area contributed by atoms with Gasteiger partial charge < -0.3 is 15.8 Å². The number of benzene rings is 1. The molecule has 0 atom stereocenters. The Balaban J connectivity index is 2.00. The summed E-state index contributed by atoms with van der Waals surface area (Å²) >= 11 is 0. The third-order valence-corrected chi connectivity index (χ3v) is 3.54. The minimum Gasteiger partial charge on any atom is -0.399 e. The van der Waals surface area contributed by atoms with E-state index in [1.54, 1.807) is 31.3 Å². The van der Waals surface area contributed by atoms with Crippen LogP contribution in [-0.2, 0) is 13.5 Å². The predicted octanol–water partition coefficient (Wildman–Crippen LogP) is 1.73. The van der Waals surface area contributed by atoms with Crippen molar-refractivity contribution in [3.8, 4) is 0 Å². The molecule has 0 aliphatic heterocycles. The first kappa shape index (κ1) is 13.0. The van der Waals surface area contributed by atoms with Crippen molar-refractivity contribution < 1.29 is 9.72 Å². The van der Waals surface area contributed by atoms with Crippen LogP contribution in [0.25, 0.3) is 6.08 Å². The van der Waals surface area contributed by atoms with Gasteiger partial charge >= 0.3 is 5.82 Å². The lowest BCUT2D eigenvalue weighted by Crippen LogP contribution is -2.01. The number of carbonyl (C=O) groups is 1. The van der Waals surface area contributed by atoms with Gasteiger partial charge in [-0.25, -0.2) is 9.55 Å². The van der Waals surface area contributed by atoms with E-state index in [2.05, 4.69) is 4.98 Å². The van der Waals surface area contributed by atoms with Gasteiger partial charge in [0.25, 0.3) is 0 Å². The highest BCUT2D eigenvalue weighted by molar-refractivity contribution is 6.15. The molecule has 1 aliphatic carbocycles. The number of hydrogen-bond donors (Lipinski definition) is 1. The van der Waals surface area contributed by atoms with E-state index in [-0.39, 0.29) is 11.6 Å². The number of rotatable bonds is 2. The third-order valence-electron chi connectivity index (χ3n) is 3.54. The summed E-state index contributed by atoms with van der Waals surface area (Å²) < 4.78 is 1.34. The molecule has 7 heteroatoms. The lowest BCUT2D eigenvalue weighted by Gasteiger charge is -1.96. The van der Waals surface area contributed by atoms with Crippen molar-refractivity contribution in [2.75, 3.05) is 5.73 Å². The van der Waals surface area contributed by atoms with Crippen molar-refractivity contribution in [3.05, 3.63) is 57.0 Å². The van der Waals surface area contributed by atoms with Crippen molar-refractivity contribution >= 4 is 23.4 Å².